The number of hydrazine groups is 1. The Labute approximate surface area is 159 Å². The van der Waals surface area contributed by atoms with E-state index in [9.17, 15) is 14.4 Å². The molecule has 4 saturated carbocycles. The normalized spacial score (nSPS) is 36.3. The number of urea groups is 1. The molecule has 8 nitrogen and oxygen atoms in total. The summed E-state index contributed by atoms with van der Waals surface area (Å²) in [4.78, 5) is 35.9. The van der Waals surface area contributed by atoms with Crippen molar-refractivity contribution in [3.8, 4) is 0 Å². The first-order valence-corrected chi connectivity index (χ1v) is 10.3. The quantitative estimate of drug-likeness (QED) is 0.535. The van der Waals surface area contributed by atoms with Crippen LogP contribution in [0.1, 0.15) is 57.8 Å². The Bertz CT molecular complexity index is 567. The van der Waals surface area contributed by atoms with Crippen molar-refractivity contribution in [2.24, 2.45) is 17.8 Å². The molecule has 1 saturated heterocycles. The van der Waals surface area contributed by atoms with Gasteiger partial charge in [-0.05, 0) is 69.1 Å². The molecule has 8 heteroatoms. The zero-order chi connectivity index (χ0) is 18.9. The Morgan fingerprint density at radius 2 is 1.63 bits per heavy atom. The summed E-state index contributed by atoms with van der Waals surface area (Å²) < 4.78 is 5.25. The molecule has 0 spiro atoms. The Morgan fingerprint density at radius 1 is 0.963 bits per heavy atom. The first-order chi connectivity index (χ1) is 13.0. The molecule has 4 aliphatic carbocycles. The molecule has 5 aliphatic rings. The largest absolute Gasteiger partial charge is 0.368 e. The van der Waals surface area contributed by atoms with E-state index in [4.69, 9.17) is 4.74 Å². The van der Waals surface area contributed by atoms with Crippen LogP contribution in [0.2, 0.25) is 0 Å². The molecule has 4 bridgehead atoms. The van der Waals surface area contributed by atoms with Crippen LogP contribution >= 0.6 is 0 Å². The van der Waals surface area contributed by atoms with Crippen molar-refractivity contribution >= 4 is 17.8 Å². The molecule has 1 atom stereocenters. The Morgan fingerprint density at radius 3 is 2.22 bits per heavy atom. The lowest BCUT2D eigenvalue weighted by molar-refractivity contribution is -0.134. The van der Waals surface area contributed by atoms with E-state index in [0.29, 0.717) is 13.0 Å². The zero-order valence-corrected chi connectivity index (χ0v) is 15.7. The predicted octanol–water partition coefficient (Wildman–Crippen LogP) is 0.971. The number of hydrogen-bond donors (Lipinski definition) is 4. The molecule has 4 amide bonds. The highest BCUT2D eigenvalue weighted by molar-refractivity contribution is 5.85. The lowest BCUT2D eigenvalue weighted by Gasteiger charge is -2.56. The van der Waals surface area contributed by atoms with Gasteiger partial charge in [-0.25, -0.2) is 4.79 Å². The molecule has 0 aromatic rings. The fraction of sp³-hybridized carbons (Fsp3) is 0.842. The SMILES string of the molecule is O=C(CCNC(=O)NC12CC3CC(CC(C3)C1)C2)NNC(=O)[C@@H]1CCCO1. The third-order valence-corrected chi connectivity index (χ3v) is 6.60. The lowest BCUT2D eigenvalue weighted by atomic mass is 9.53. The number of nitrogens with one attached hydrogen (secondary N) is 4. The summed E-state index contributed by atoms with van der Waals surface area (Å²) in [6, 6.07) is -0.187. The van der Waals surface area contributed by atoms with Gasteiger partial charge < -0.3 is 15.4 Å². The van der Waals surface area contributed by atoms with Gasteiger partial charge in [0, 0.05) is 25.1 Å². The number of carbonyl (C=O) groups is 3. The first-order valence-electron chi connectivity index (χ1n) is 10.3. The van der Waals surface area contributed by atoms with Crippen LogP contribution in [0.3, 0.4) is 0 Å². The molecule has 1 heterocycles. The van der Waals surface area contributed by atoms with Crippen LogP contribution in [0, 0.1) is 17.8 Å². The average molecular weight is 378 g/mol. The van der Waals surface area contributed by atoms with Crippen molar-refractivity contribution < 1.29 is 19.1 Å². The topological polar surface area (TPSA) is 109 Å². The van der Waals surface area contributed by atoms with Crippen LogP contribution < -0.4 is 21.5 Å². The van der Waals surface area contributed by atoms with Crippen molar-refractivity contribution in [2.75, 3.05) is 13.2 Å². The smallest absolute Gasteiger partial charge is 0.315 e. The average Bonchev–Trinajstić information content (AvgIpc) is 3.12. The second kappa shape index (κ2) is 7.66. The molecular formula is C19H30N4O4. The van der Waals surface area contributed by atoms with E-state index >= 15 is 0 Å². The lowest BCUT2D eigenvalue weighted by Crippen LogP contribution is -2.61. The summed E-state index contributed by atoms with van der Waals surface area (Å²) in [6.07, 6.45) is 8.46. The van der Waals surface area contributed by atoms with E-state index in [1.54, 1.807) is 0 Å². The van der Waals surface area contributed by atoms with Gasteiger partial charge in [0.05, 0.1) is 0 Å². The number of ether oxygens (including phenoxy) is 1. The highest BCUT2D eigenvalue weighted by Crippen LogP contribution is 2.55. The van der Waals surface area contributed by atoms with Crippen molar-refractivity contribution in [1.29, 1.82) is 0 Å². The number of hydrogen-bond acceptors (Lipinski definition) is 4. The maximum Gasteiger partial charge on any atom is 0.315 e. The van der Waals surface area contributed by atoms with Gasteiger partial charge in [0.2, 0.25) is 5.91 Å². The monoisotopic (exact) mass is 378 g/mol. The molecule has 0 aromatic heterocycles. The van der Waals surface area contributed by atoms with Crippen LogP contribution in [-0.4, -0.2) is 42.6 Å². The molecule has 4 N–H and O–H groups in total. The van der Waals surface area contributed by atoms with E-state index in [1.165, 1.54) is 19.3 Å². The van der Waals surface area contributed by atoms with E-state index < -0.39 is 6.10 Å². The Kier molecular flexibility index (Phi) is 5.25. The molecular weight excluding hydrogens is 348 g/mol. The molecule has 27 heavy (non-hydrogen) atoms. The summed E-state index contributed by atoms with van der Waals surface area (Å²) in [5.41, 5.74) is 4.71. The van der Waals surface area contributed by atoms with Gasteiger partial charge >= 0.3 is 6.03 Å². The minimum absolute atomic E-state index is 0.0314. The van der Waals surface area contributed by atoms with Crippen molar-refractivity contribution in [2.45, 2.75) is 69.4 Å². The van der Waals surface area contributed by atoms with Gasteiger partial charge in [-0.3, -0.25) is 20.4 Å². The molecule has 0 radical (unpaired) electrons. The maximum atomic E-state index is 12.3. The number of carbonyl (C=O) groups excluding carboxylic acids is 3. The second-order valence-electron chi connectivity index (χ2n) is 8.87. The summed E-state index contributed by atoms with van der Waals surface area (Å²) in [6.45, 7) is 0.814. The van der Waals surface area contributed by atoms with Gasteiger partial charge in [0.25, 0.3) is 5.91 Å². The second-order valence-corrected chi connectivity index (χ2v) is 8.87. The van der Waals surface area contributed by atoms with Crippen molar-refractivity contribution in [1.82, 2.24) is 21.5 Å². The van der Waals surface area contributed by atoms with Gasteiger partial charge in [-0.1, -0.05) is 0 Å². The molecule has 5 rings (SSSR count). The van der Waals surface area contributed by atoms with Crippen LogP contribution in [-0.2, 0) is 14.3 Å². The highest BCUT2D eigenvalue weighted by atomic mass is 16.5. The van der Waals surface area contributed by atoms with E-state index in [0.717, 1.165) is 43.4 Å². The number of amides is 4. The minimum Gasteiger partial charge on any atom is -0.368 e. The highest BCUT2D eigenvalue weighted by Gasteiger charge is 2.51. The van der Waals surface area contributed by atoms with Gasteiger partial charge in [0.1, 0.15) is 6.10 Å². The fourth-order valence-electron chi connectivity index (χ4n) is 5.90. The van der Waals surface area contributed by atoms with E-state index in [-0.39, 0.29) is 36.3 Å². The molecule has 1 aliphatic heterocycles. The maximum absolute atomic E-state index is 12.3. The third kappa shape index (κ3) is 4.36. The summed E-state index contributed by atoms with van der Waals surface area (Å²) in [5.74, 6) is 1.66. The van der Waals surface area contributed by atoms with Gasteiger partial charge in [0.15, 0.2) is 0 Å². The molecule has 150 valence electrons. The van der Waals surface area contributed by atoms with E-state index in [2.05, 4.69) is 21.5 Å². The summed E-state index contributed by atoms with van der Waals surface area (Å²) in [7, 11) is 0. The van der Waals surface area contributed by atoms with Crippen LogP contribution in [0.25, 0.3) is 0 Å². The first kappa shape index (κ1) is 18.5. The van der Waals surface area contributed by atoms with Crippen molar-refractivity contribution in [3.63, 3.8) is 0 Å². The molecule has 0 aromatic carbocycles. The van der Waals surface area contributed by atoms with E-state index in [1.807, 2.05) is 0 Å². The van der Waals surface area contributed by atoms with Crippen LogP contribution in [0.4, 0.5) is 4.79 Å². The van der Waals surface area contributed by atoms with Gasteiger partial charge in [-0.2, -0.15) is 0 Å². The van der Waals surface area contributed by atoms with Crippen LogP contribution in [0.15, 0.2) is 0 Å². The van der Waals surface area contributed by atoms with Gasteiger partial charge in [-0.15, -0.1) is 0 Å². The standard InChI is InChI=1S/C19H30N4O4/c24-16(22-23-17(25)15-2-1-5-27-15)3-4-20-18(26)21-19-9-12-6-13(10-19)8-14(7-12)11-19/h12-15H,1-11H2,(H,22,24)(H,23,25)(H2,20,21,26)/t12?,13?,14?,15-,19?/m0/s1. The Hall–Kier alpha value is -1.83. The Balaban J connectivity index is 1.14. The van der Waals surface area contributed by atoms with Crippen molar-refractivity contribution in [3.05, 3.63) is 0 Å². The number of rotatable bonds is 5. The predicted molar refractivity (Wildman–Crippen MR) is 97.3 cm³/mol. The summed E-state index contributed by atoms with van der Waals surface area (Å²) >= 11 is 0. The molecule has 0 unspecified atom stereocenters. The minimum atomic E-state index is -0.477. The third-order valence-electron chi connectivity index (χ3n) is 6.60. The zero-order valence-electron chi connectivity index (χ0n) is 15.7. The fourth-order valence-corrected chi connectivity index (χ4v) is 5.90. The summed E-state index contributed by atoms with van der Waals surface area (Å²) in [5, 5.41) is 6.00. The van der Waals surface area contributed by atoms with Crippen LogP contribution in [0.5, 0.6) is 0 Å². The molecule has 5 fully saturated rings.